The molecule has 0 saturated heterocycles. The van der Waals surface area contributed by atoms with Gasteiger partial charge < -0.3 is 10.2 Å². The van der Waals surface area contributed by atoms with Gasteiger partial charge in [0.05, 0.1) is 0 Å². The van der Waals surface area contributed by atoms with Gasteiger partial charge in [0, 0.05) is 5.41 Å². The van der Waals surface area contributed by atoms with Crippen LogP contribution in [-0.2, 0) is 6.42 Å². The van der Waals surface area contributed by atoms with Gasteiger partial charge in [-0.05, 0) is 86.0 Å². The van der Waals surface area contributed by atoms with Crippen molar-refractivity contribution in [2.24, 2.45) is 17.3 Å². The molecule has 122 valence electrons. The summed E-state index contributed by atoms with van der Waals surface area (Å²) in [5, 5.41) is 20.9. The van der Waals surface area contributed by atoms with Crippen molar-refractivity contribution in [2.75, 3.05) is 0 Å². The fourth-order valence-corrected chi connectivity index (χ4v) is 6.35. The van der Waals surface area contributed by atoms with Crippen LogP contribution in [0.2, 0.25) is 0 Å². The Kier molecular flexibility index (Phi) is 3.29. The molecule has 1 aromatic carbocycles. The molecule has 0 bridgehead atoms. The van der Waals surface area contributed by atoms with Crippen LogP contribution in [0.5, 0.6) is 5.75 Å². The van der Waals surface area contributed by atoms with Crippen LogP contribution in [0.3, 0.4) is 0 Å². The molecule has 1 aromatic rings. The van der Waals surface area contributed by atoms with Crippen LogP contribution in [-0.4, -0.2) is 15.8 Å². The number of terminal acetylenes is 1. The maximum Gasteiger partial charge on any atom is 0.131 e. The molecule has 0 amide bonds. The van der Waals surface area contributed by atoms with Gasteiger partial charge in [0.25, 0.3) is 0 Å². The van der Waals surface area contributed by atoms with E-state index >= 15 is 0 Å². The second-order valence-corrected chi connectivity index (χ2v) is 7.89. The lowest BCUT2D eigenvalue weighted by Gasteiger charge is -2.53. The van der Waals surface area contributed by atoms with Crippen LogP contribution in [0.15, 0.2) is 18.2 Å². The summed E-state index contributed by atoms with van der Waals surface area (Å²) in [5.74, 6) is 4.89. The Bertz CT molecular complexity index is 673. The van der Waals surface area contributed by atoms with E-state index in [0.717, 1.165) is 44.9 Å². The molecule has 2 fully saturated rings. The van der Waals surface area contributed by atoms with E-state index in [0.29, 0.717) is 23.5 Å². The van der Waals surface area contributed by atoms with E-state index in [1.54, 1.807) is 0 Å². The Balaban J connectivity index is 1.74. The molecule has 0 spiro atoms. The fraction of sp³-hybridized carbons (Fsp3) is 0.619. The largest absolute Gasteiger partial charge is 0.508 e. The quantitative estimate of drug-likeness (QED) is 0.770. The Labute approximate surface area is 138 Å². The number of rotatable bonds is 1. The molecule has 2 nitrogen and oxygen atoms in total. The first-order valence-electron chi connectivity index (χ1n) is 9.06. The topological polar surface area (TPSA) is 40.5 Å². The van der Waals surface area contributed by atoms with E-state index in [2.05, 4.69) is 18.9 Å². The Morgan fingerprint density at radius 1 is 1.26 bits per heavy atom. The number of aromatic hydroxyl groups is 1. The molecule has 0 aromatic heterocycles. The summed E-state index contributed by atoms with van der Waals surface area (Å²) in [5.41, 5.74) is 1.75. The lowest BCUT2D eigenvalue weighted by atomic mass is 9.52. The molecule has 2 N–H and O–H groups in total. The SMILES string of the molecule is C#C[C@]1(O)CC[C@@H]2[C@H]3CCc4cc(O)ccc4[C@H]3CC[C@@]21CC. The van der Waals surface area contributed by atoms with Gasteiger partial charge in [-0.25, -0.2) is 0 Å². The molecular formula is C21H26O2. The summed E-state index contributed by atoms with van der Waals surface area (Å²) in [6, 6.07) is 5.90. The van der Waals surface area contributed by atoms with Crippen LogP contribution >= 0.6 is 0 Å². The van der Waals surface area contributed by atoms with E-state index in [1.807, 2.05) is 12.1 Å². The predicted molar refractivity (Wildman–Crippen MR) is 91.1 cm³/mol. The second kappa shape index (κ2) is 5.02. The van der Waals surface area contributed by atoms with Gasteiger partial charge in [0.2, 0.25) is 0 Å². The molecule has 2 saturated carbocycles. The number of fused-ring (bicyclic) bond motifs is 5. The van der Waals surface area contributed by atoms with E-state index in [9.17, 15) is 10.2 Å². The standard InChI is InChI=1S/C21H26O2/c1-3-20-11-9-17-16-8-6-15(22)13-14(16)5-7-18(17)19(20)10-12-21(20,23)4-2/h2,6,8,13,17-19,22-23H,3,5,7,9-12H2,1H3/t17-,18+,19-,20+,21+/m1/s1. The van der Waals surface area contributed by atoms with Crippen LogP contribution in [0.4, 0.5) is 0 Å². The summed E-state index contributed by atoms with van der Waals surface area (Å²) >= 11 is 0. The number of aryl methyl sites for hydroxylation is 1. The number of phenolic OH excluding ortho intramolecular Hbond substituents is 1. The Hall–Kier alpha value is -1.46. The average molecular weight is 310 g/mol. The van der Waals surface area contributed by atoms with Crippen molar-refractivity contribution in [3.63, 3.8) is 0 Å². The van der Waals surface area contributed by atoms with Crippen molar-refractivity contribution < 1.29 is 10.2 Å². The number of hydrogen-bond donors (Lipinski definition) is 2. The third-order valence-corrected chi connectivity index (χ3v) is 7.43. The fourth-order valence-electron chi connectivity index (χ4n) is 6.35. The van der Waals surface area contributed by atoms with E-state index in [-0.39, 0.29) is 5.41 Å². The number of hydrogen-bond acceptors (Lipinski definition) is 2. The smallest absolute Gasteiger partial charge is 0.131 e. The van der Waals surface area contributed by atoms with Crippen molar-refractivity contribution in [3.8, 4) is 18.1 Å². The number of aliphatic hydroxyl groups is 1. The normalized spacial score (nSPS) is 41.5. The molecule has 0 aliphatic heterocycles. The van der Waals surface area contributed by atoms with Crippen molar-refractivity contribution in [2.45, 2.75) is 63.4 Å². The van der Waals surface area contributed by atoms with Crippen LogP contribution in [0.1, 0.15) is 62.5 Å². The van der Waals surface area contributed by atoms with Gasteiger partial charge in [-0.3, -0.25) is 0 Å². The maximum absolute atomic E-state index is 11.1. The summed E-state index contributed by atoms with van der Waals surface area (Å²) in [7, 11) is 0. The van der Waals surface area contributed by atoms with Crippen molar-refractivity contribution in [1.82, 2.24) is 0 Å². The molecule has 5 atom stereocenters. The third-order valence-electron chi connectivity index (χ3n) is 7.43. The van der Waals surface area contributed by atoms with Gasteiger partial charge in [-0.15, -0.1) is 6.42 Å². The highest BCUT2D eigenvalue weighted by Crippen LogP contribution is 2.65. The minimum atomic E-state index is -0.910. The van der Waals surface area contributed by atoms with Gasteiger partial charge in [0.1, 0.15) is 11.4 Å². The first-order chi connectivity index (χ1) is 11.0. The minimum Gasteiger partial charge on any atom is -0.508 e. The first kappa shape index (κ1) is 15.1. The summed E-state index contributed by atoms with van der Waals surface area (Å²) in [6.45, 7) is 2.20. The third kappa shape index (κ3) is 1.86. The molecule has 0 unspecified atom stereocenters. The molecular weight excluding hydrogens is 284 g/mol. The van der Waals surface area contributed by atoms with E-state index in [4.69, 9.17) is 6.42 Å². The summed E-state index contributed by atoms with van der Waals surface area (Å²) in [4.78, 5) is 0. The highest BCUT2D eigenvalue weighted by molar-refractivity contribution is 5.40. The molecule has 3 aliphatic rings. The molecule has 0 radical (unpaired) electrons. The highest BCUT2D eigenvalue weighted by atomic mass is 16.3. The van der Waals surface area contributed by atoms with Gasteiger partial charge in [-0.1, -0.05) is 18.9 Å². The highest BCUT2D eigenvalue weighted by Gasteiger charge is 2.62. The molecule has 3 aliphatic carbocycles. The van der Waals surface area contributed by atoms with E-state index in [1.165, 1.54) is 11.1 Å². The zero-order valence-corrected chi connectivity index (χ0v) is 13.9. The number of benzene rings is 1. The van der Waals surface area contributed by atoms with Crippen LogP contribution in [0.25, 0.3) is 0 Å². The monoisotopic (exact) mass is 310 g/mol. The van der Waals surface area contributed by atoms with E-state index < -0.39 is 5.60 Å². The lowest BCUT2D eigenvalue weighted by molar-refractivity contribution is -0.0799. The van der Waals surface area contributed by atoms with Crippen LogP contribution in [0, 0.1) is 29.6 Å². The van der Waals surface area contributed by atoms with Gasteiger partial charge in [-0.2, -0.15) is 0 Å². The zero-order chi connectivity index (χ0) is 16.2. The van der Waals surface area contributed by atoms with Gasteiger partial charge in [0.15, 0.2) is 0 Å². The molecule has 4 rings (SSSR count). The first-order valence-corrected chi connectivity index (χ1v) is 9.06. The summed E-state index contributed by atoms with van der Waals surface area (Å²) in [6.07, 6.45) is 12.9. The predicted octanol–water partition coefficient (Wildman–Crippen LogP) is 4.00. The lowest BCUT2D eigenvalue weighted by Crippen LogP contribution is -2.51. The molecule has 23 heavy (non-hydrogen) atoms. The summed E-state index contributed by atoms with van der Waals surface area (Å²) < 4.78 is 0. The van der Waals surface area contributed by atoms with Crippen molar-refractivity contribution in [3.05, 3.63) is 29.3 Å². The molecule has 0 heterocycles. The maximum atomic E-state index is 11.1. The second-order valence-electron chi connectivity index (χ2n) is 7.89. The Morgan fingerprint density at radius 2 is 2.09 bits per heavy atom. The van der Waals surface area contributed by atoms with Crippen molar-refractivity contribution in [1.29, 1.82) is 0 Å². The minimum absolute atomic E-state index is 0.0860. The van der Waals surface area contributed by atoms with Crippen LogP contribution < -0.4 is 0 Å². The number of phenols is 1. The van der Waals surface area contributed by atoms with Gasteiger partial charge >= 0.3 is 0 Å². The average Bonchev–Trinajstić information content (AvgIpc) is 2.88. The zero-order valence-electron chi connectivity index (χ0n) is 13.9. The molecule has 2 heteroatoms. The van der Waals surface area contributed by atoms with Crippen molar-refractivity contribution >= 4 is 0 Å². The Morgan fingerprint density at radius 3 is 2.83 bits per heavy atom.